The fourth-order valence-corrected chi connectivity index (χ4v) is 1.45. The van der Waals surface area contributed by atoms with Crippen LogP contribution in [0.5, 0.6) is 0 Å². The molecule has 0 saturated heterocycles. The van der Waals surface area contributed by atoms with Gasteiger partial charge in [0.05, 0.1) is 17.9 Å². The third-order valence-corrected chi connectivity index (χ3v) is 2.12. The molecule has 5 heteroatoms. The lowest BCUT2D eigenvalue weighted by Crippen LogP contribution is -2.17. The van der Waals surface area contributed by atoms with E-state index >= 15 is 0 Å². The summed E-state index contributed by atoms with van der Waals surface area (Å²) in [7, 11) is 1.80. The molecule has 1 atom stereocenters. The quantitative estimate of drug-likeness (QED) is 0.650. The first kappa shape index (κ1) is 9.11. The lowest BCUT2D eigenvalue weighted by atomic mass is 10.1. The van der Waals surface area contributed by atoms with E-state index < -0.39 is 6.10 Å². The maximum atomic E-state index is 9.80. The van der Waals surface area contributed by atoms with Crippen LogP contribution in [0.3, 0.4) is 0 Å². The molecule has 1 unspecified atom stereocenters. The number of aliphatic hydroxyl groups is 1. The van der Waals surface area contributed by atoms with Crippen LogP contribution in [0.25, 0.3) is 11.2 Å². The Morgan fingerprint density at radius 3 is 3.21 bits per heavy atom. The molecule has 2 aromatic heterocycles. The van der Waals surface area contributed by atoms with E-state index in [4.69, 9.17) is 0 Å². The molecule has 2 aromatic rings. The fourth-order valence-electron chi connectivity index (χ4n) is 1.45. The summed E-state index contributed by atoms with van der Waals surface area (Å²) in [5.41, 5.74) is 2.26. The van der Waals surface area contributed by atoms with Gasteiger partial charge in [0, 0.05) is 18.3 Å². The number of fused-ring (bicyclic) bond motifs is 1. The van der Waals surface area contributed by atoms with E-state index in [2.05, 4.69) is 20.3 Å². The summed E-state index contributed by atoms with van der Waals surface area (Å²) in [5.74, 6) is 0. The van der Waals surface area contributed by atoms with Gasteiger partial charge < -0.3 is 15.4 Å². The van der Waals surface area contributed by atoms with Crippen LogP contribution in [0.4, 0.5) is 0 Å². The molecule has 0 spiro atoms. The van der Waals surface area contributed by atoms with Gasteiger partial charge in [0.2, 0.25) is 0 Å². The Morgan fingerprint density at radius 2 is 2.43 bits per heavy atom. The van der Waals surface area contributed by atoms with Gasteiger partial charge in [-0.05, 0) is 13.1 Å². The standard InChI is InChI=1S/C9H12N4O/c1-10-4-7(14)6-2-3-11-9-8(6)12-5-13-9/h2-3,5,7,10,14H,4H2,1H3,(H,11,12,13). The van der Waals surface area contributed by atoms with E-state index in [1.807, 2.05) is 0 Å². The molecule has 0 radical (unpaired) electrons. The number of rotatable bonds is 3. The highest BCUT2D eigenvalue weighted by atomic mass is 16.3. The van der Waals surface area contributed by atoms with E-state index in [-0.39, 0.29) is 0 Å². The SMILES string of the molecule is CNCC(O)c1ccnc2nc[nH]c12. The first-order valence-corrected chi connectivity index (χ1v) is 4.43. The number of aliphatic hydroxyl groups excluding tert-OH is 1. The number of H-pyrrole nitrogens is 1. The number of nitrogens with one attached hydrogen (secondary N) is 2. The predicted octanol–water partition coefficient (Wildman–Crippen LogP) is 0.211. The first-order chi connectivity index (χ1) is 6.83. The number of likely N-dealkylation sites (N-methyl/N-ethyl adjacent to an activating group) is 1. The van der Waals surface area contributed by atoms with Crippen LogP contribution >= 0.6 is 0 Å². The highest BCUT2D eigenvalue weighted by molar-refractivity contribution is 5.74. The van der Waals surface area contributed by atoms with Gasteiger partial charge in [-0.2, -0.15) is 0 Å². The van der Waals surface area contributed by atoms with Gasteiger partial charge in [-0.3, -0.25) is 0 Å². The van der Waals surface area contributed by atoms with Crippen LogP contribution in [0.1, 0.15) is 11.7 Å². The van der Waals surface area contributed by atoms with Crippen LogP contribution in [0.15, 0.2) is 18.6 Å². The third kappa shape index (κ3) is 1.47. The number of aromatic nitrogens is 3. The number of imidazole rings is 1. The minimum Gasteiger partial charge on any atom is -0.387 e. The van der Waals surface area contributed by atoms with Crippen LogP contribution in [0, 0.1) is 0 Å². The summed E-state index contributed by atoms with van der Waals surface area (Å²) in [5, 5.41) is 12.7. The number of hydrogen-bond donors (Lipinski definition) is 3. The molecule has 0 fully saturated rings. The molecule has 3 N–H and O–H groups in total. The fraction of sp³-hybridized carbons (Fsp3) is 0.333. The number of hydrogen-bond acceptors (Lipinski definition) is 4. The zero-order chi connectivity index (χ0) is 9.97. The van der Waals surface area contributed by atoms with Gasteiger partial charge in [0.1, 0.15) is 0 Å². The second kappa shape index (κ2) is 3.73. The molecule has 0 aromatic carbocycles. The molecule has 0 aliphatic carbocycles. The Balaban J connectivity index is 2.45. The Bertz CT molecular complexity index is 425. The minimum atomic E-state index is -0.536. The number of pyridine rings is 1. The minimum absolute atomic E-state index is 0.512. The van der Waals surface area contributed by atoms with Gasteiger partial charge in [-0.25, -0.2) is 9.97 Å². The molecule has 0 aliphatic heterocycles. The Kier molecular flexibility index (Phi) is 2.43. The van der Waals surface area contributed by atoms with Crippen molar-refractivity contribution in [2.75, 3.05) is 13.6 Å². The van der Waals surface area contributed by atoms with E-state index in [1.54, 1.807) is 25.6 Å². The summed E-state index contributed by atoms with van der Waals surface area (Å²) in [4.78, 5) is 11.1. The molecule has 74 valence electrons. The van der Waals surface area contributed by atoms with Crippen molar-refractivity contribution in [3.05, 3.63) is 24.2 Å². The number of nitrogens with zero attached hydrogens (tertiary/aromatic N) is 2. The van der Waals surface area contributed by atoms with Crippen LogP contribution in [-0.4, -0.2) is 33.7 Å². The van der Waals surface area contributed by atoms with Crippen LogP contribution in [-0.2, 0) is 0 Å². The van der Waals surface area contributed by atoms with E-state index in [0.717, 1.165) is 11.1 Å². The molecule has 0 saturated carbocycles. The van der Waals surface area contributed by atoms with Crippen LogP contribution < -0.4 is 5.32 Å². The molecule has 0 aliphatic rings. The van der Waals surface area contributed by atoms with Crippen molar-refractivity contribution >= 4 is 11.2 Å². The van der Waals surface area contributed by atoms with Gasteiger partial charge in [0.25, 0.3) is 0 Å². The van der Waals surface area contributed by atoms with Crippen molar-refractivity contribution in [2.24, 2.45) is 0 Å². The summed E-state index contributed by atoms with van der Waals surface area (Å²) in [6, 6.07) is 1.79. The largest absolute Gasteiger partial charge is 0.387 e. The van der Waals surface area contributed by atoms with Crippen molar-refractivity contribution in [3.63, 3.8) is 0 Å². The molecular formula is C9H12N4O. The Hall–Kier alpha value is -1.46. The Labute approximate surface area is 81.2 Å². The smallest absolute Gasteiger partial charge is 0.177 e. The average molecular weight is 192 g/mol. The molecule has 2 rings (SSSR count). The predicted molar refractivity (Wildman–Crippen MR) is 52.8 cm³/mol. The lowest BCUT2D eigenvalue weighted by molar-refractivity contribution is 0.179. The summed E-state index contributed by atoms with van der Waals surface area (Å²) >= 11 is 0. The topological polar surface area (TPSA) is 73.8 Å². The van der Waals surface area contributed by atoms with Crippen LogP contribution in [0.2, 0.25) is 0 Å². The van der Waals surface area contributed by atoms with E-state index in [0.29, 0.717) is 12.2 Å². The zero-order valence-electron chi connectivity index (χ0n) is 7.86. The van der Waals surface area contributed by atoms with Crippen molar-refractivity contribution in [2.45, 2.75) is 6.10 Å². The maximum Gasteiger partial charge on any atom is 0.177 e. The molecule has 0 bridgehead atoms. The monoisotopic (exact) mass is 192 g/mol. The van der Waals surface area contributed by atoms with Gasteiger partial charge in [0.15, 0.2) is 5.65 Å². The second-order valence-corrected chi connectivity index (χ2v) is 3.07. The average Bonchev–Trinajstić information content (AvgIpc) is 2.65. The summed E-state index contributed by atoms with van der Waals surface area (Å²) < 4.78 is 0. The van der Waals surface area contributed by atoms with Crippen molar-refractivity contribution < 1.29 is 5.11 Å². The maximum absolute atomic E-state index is 9.80. The molecular weight excluding hydrogens is 180 g/mol. The Morgan fingerprint density at radius 1 is 1.57 bits per heavy atom. The normalized spacial score (nSPS) is 13.3. The van der Waals surface area contributed by atoms with Gasteiger partial charge >= 0.3 is 0 Å². The highest BCUT2D eigenvalue weighted by Crippen LogP contribution is 2.18. The first-order valence-electron chi connectivity index (χ1n) is 4.43. The van der Waals surface area contributed by atoms with Gasteiger partial charge in [-0.1, -0.05) is 0 Å². The summed E-state index contributed by atoms with van der Waals surface area (Å²) in [6.07, 6.45) is 2.69. The highest BCUT2D eigenvalue weighted by Gasteiger charge is 2.11. The summed E-state index contributed by atoms with van der Waals surface area (Å²) in [6.45, 7) is 0.512. The molecule has 5 nitrogen and oxygen atoms in total. The second-order valence-electron chi connectivity index (χ2n) is 3.07. The lowest BCUT2D eigenvalue weighted by Gasteiger charge is -2.10. The van der Waals surface area contributed by atoms with E-state index in [9.17, 15) is 5.11 Å². The van der Waals surface area contributed by atoms with Crippen molar-refractivity contribution in [1.82, 2.24) is 20.3 Å². The molecule has 14 heavy (non-hydrogen) atoms. The number of aromatic amines is 1. The molecule has 2 heterocycles. The third-order valence-electron chi connectivity index (χ3n) is 2.12. The van der Waals surface area contributed by atoms with Gasteiger partial charge in [-0.15, -0.1) is 0 Å². The van der Waals surface area contributed by atoms with Crippen molar-refractivity contribution in [3.8, 4) is 0 Å². The molecule has 0 amide bonds. The van der Waals surface area contributed by atoms with Crippen molar-refractivity contribution in [1.29, 1.82) is 0 Å². The van der Waals surface area contributed by atoms with E-state index in [1.165, 1.54) is 0 Å². The zero-order valence-corrected chi connectivity index (χ0v) is 7.86.